The summed E-state index contributed by atoms with van der Waals surface area (Å²) in [6.45, 7) is 0.306. The van der Waals surface area contributed by atoms with Gasteiger partial charge in [0, 0.05) is 36.7 Å². The maximum absolute atomic E-state index is 13.4. The number of nitro groups is 1. The van der Waals surface area contributed by atoms with Crippen LogP contribution in [0.1, 0.15) is 38.5 Å². The highest BCUT2D eigenvalue weighted by molar-refractivity contribution is 6.35. The Bertz CT molecular complexity index is 1210. The summed E-state index contributed by atoms with van der Waals surface area (Å²) >= 11 is 0. The molecule has 3 N–H and O–H groups in total. The molecule has 0 spiro atoms. The summed E-state index contributed by atoms with van der Waals surface area (Å²) in [5.74, 6) is -1.94. The van der Waals surface area contributed by atoms with Crippen molar-refractivity contribution >= 4 is 11.8 Å². The minimum atomic E-state index is -4.80. The Kier molecular flexibility index (Phi) is 9.36. The summed E-state index contributed by atoms with van der Waals surface area (Å²) in [7, 11) is 0. The molecule has 0 aromatic heterocycles. The Balaban J connectivity index is 1.13. The SMILES string of the molecule is O=C(NCCOC1CCC(NC2C=C(C(F)(F)F)C([N+](=O)[O-])=CC2)CC1)C(=O)NC1=CC2=CC=C(F)CC2C=C1. The summed E-state index contributed by atoms with van der Waals surface area (Å²) < 4.78 is 58.9. The van der Waals surface area contributed by atoms with Crippen LogP contribution in [0.2, 0.25) is 0 Å². The zero-order valence-electron chi connectivity index (χ0n) is 21.5. The molecule has 13 heteroatoms. The minimum absolute atomic E-state index is 0.0534. The van der Waals surface area contributed by atoms with Gasteiger partial charge < -0.3 is 20.7 Å². The first-order valence-electron chi connectivity index (χ1n) is 13.1. The normalized spacial score (nSPS) is 26.4. The molecule has 0 radical (unpaired) electrons. The third-order valence-electron chi connectivity index (χ3n) is 7.17. The van der Waals surface area contributed by atoms with Crippen molar-refractivity contribution in [3.8, 4) is 0 Å². The second kappa shape index (κ2) is 12.7. The number of fused-ring (bicyclic) bond motifs is 1. The fourth-order valence-corrected chi connectivity index (χ4v) is 5.15. The fourth-order valence-electron chi connectivity index (χ4n) is 5.15. The van der Waals surface area contributed by atoms with Gasteiger partial charge >= 0.3 is 18.0 Å². The number of allylic oxidation sites excluding steroid dienone is 8. The maximum Gasteiger partial charge on any atom is 0.422 e. The van der Waals surface area contributed by atoms with Crippen LogP contribution in [0.5, 0.6) is 0 Å². The van der Waals surface area contributed by atoms with Crippen LogP contribution in [-0.2, 0) is 14.3 Å². The molecule has 0 aromatic carbocycles. The van der Waals surface area contributed by atoms with Gasteiger partial charge in [0.25, 0.3) is 5.70 Å². The van der Waals surface area contributed by atoms with Crippen molar-refractivity contribution in [3.63, 3.8) is 0 Å². The molecule has 4 aliphatic carbocycles. The van der Waals surface area contributed by atoms with Crippen LogP contribution in [0.3, 0.4) is 0 Å². The highest BCUT2D eigenvalue weighted by Crippen LogP contribution is 2.35. The number of carbonyl (C=O) groups is 2. The molecule has 2 amide bonds. The quantitative estimate of drug-likeness (QED) is 0.135. The molecule has 0 bridgehead atoms. The Hall–Kier alpha value is -3.58. The van der Waals surface area contributed by atoms with E-state index in [4.69, 9.17) is 4.74 Å². The summed E-state index contributed by atoms with van der Waals surface area (Å²) in [4.78, 5) is 34.3. The van der Waals surface area contributed by atoms with Crippen LogP contribution in [0.15, 0.2) is 70.9 Å². The molecule has 0 aliphatic heterocycles. The van der Waals surface area contributed by atoms with Crippen molar-refractivity contribution < 1.29 is 36.8 Å². The van der Waals surface area contributed by atoms with Gasteiger partial charge in [-0.3, -0.25) is 19.7 Å². The molecular formula is C27H30F4N4O5. The van der Waals surface area contributed by atoms with Crippen LogP contribution < -0.4 is 16.0 Å². The third kappa shape index (κ3) is 7.75. The lowest BCUT2D eigenvalue weighted by atomic mass is 9.87. The van der Waals surface area contributed by atoms with Crippen LogP contribution in [0, 0.1) is 16.0 Å². The van der Waals surface area contributed by atoms with Crippen LogP contribution in [-0.4, -0.2) is 54.3 Å². The van der Waals surface area contributed by atoms with Crippen molar-refractivity contribution in [2.24, 2.45) is 5.92 Å². The Morgan fingerprint density at radius 3 is 2.58 bits per heavy atom. The largest absolute Gasteiger partial charge is 0.422 e. The zero-order chi connectivity index (χ0) is 28.9. The number of hydrogen-bond acceptors (Lipinski definition) is 6. The van der Waals surface area contributed by atoms with Gasteiger partial charge in [-0.25, -0.2) is 4.39 Å². The standard InChI is InChI=1S/C27H30F4N4O5/c28-18-3-1-17-14-20(4-2-16(17)13-18)34-26(37)25(36)32-11-12-40-22-8-5-19(6-9-22)33-21-7-10-24(35(38)39)23(15-21)27(29,30)31/h1-4,10,14-16,19,21-22,33H,5-9,11-13H2,(H,32,36)(H,34,37). The zero-order valence-corrected chi connectivity index (χ0v) is 21.5. The van der Waals surface area contributed by atoms with E-state index in [0.717, 1.165) is 17.7 Å². The van der Waals surface area contributed by atoms with Gasteiger partial charge in [-0.2, -0.15) is 13.2 Å². The Morgan fingerprint density at radius 2 is 1.88 bits per heavy atom. The molecule has 4 aliphatic rings. The van der Waals surface area contributed by atoms with Crippen LogP contribution in [0.4, 0.5) is 17.6 Å². The van der Waals surface area contributed by atoms with Gasteiger partial charge in [-0.05, 0) is 68.1 Å². The lowest BCUT2D eigenvalue weighted by Gasteiger charge is -2.32. The summed E-state index contributed by atoms with van der Waals surface area (Å²) in [5.41, 5.74) is -0.862. The first-order valence-corrected chi connectivity index (χ1v) is 13.1. The molecule has 0 heterocycles. The van der Waals surface area contributed by atoms with E-state index in [-0.39, 0.29) is 49.9 Å². The molecule has 2 atom stereocenters. The summed E-state index contributed by atoms with van der Waals surface area (Å²) in [6.07, 6.45) is 8.12. The highest BCUT2D eigenvalue weighted by atomic mass is 19.4. The molecule has 0 saturated heterocycles. The van der Waals surface area contributed by atoms with E-state index < -0.39 is 40.2 Å². The number of rotatable bonds is 8. The number of halogens is 4. The average molecular weight is 567 g/mol. The first-order chi connectivity index (χ1) is 19.0. The molecule has 216 valence electrons. The molecule has 4 rings (SSSR count). The van der Waals surface area contributed by atoms with Crippen molar-refractivity contribution in [2.45, 2.75) is 62.9 Å². The number of amides is 2. The first kappa shape index (κ1) is 29.4. The number of ether oxygens (including phenoxy) is 1. The average Bonchev–Trinajstić information content (AvgIpc) is 2.91. The van der Waals surface area contributed by atoms with Gasteiger partial charge in [-0.1, -0.05) is 12.2 Å². The number of alkyl halides is 3. The number of carbonyl (C=O) groups excluding carboxylic acids is 2. The second-order valence-electron chi connectivity index (χ2n) is 10.0. The van der Waals surface area contributed by atoms with Gasteiger partial charge in [0.05, 0.1) is 17.6 Å². The number of hydrogen-bond donors (Lipinski definition) is 3. The maximum atomic E-state index is 13.4. The van der Waals surface area contributed by atoms with Gasteiger partial charge in [0.2, 0.25) is 0 Å². The summed E-state index contributed by atoms with van der Waals surface area (Å²) in [6, 6.07) is -0.702. The van der Waals surface area contributed by atoms with E-state index in [1.165, 1.54) is 6.08 Å². The molecule has 1 fully saturated rings. The monoisotopic (exact) mass is 566 g/mol. The minimum Gasteiger partial charge on any atom is -0.376 e. The molecule has 1 saturated carbocycles. The second-order valence-corrected chi connectivity index (χ2v) is 10.0. The Morgan fingerprint density at radius 1 is 1.12 bits per heavy atom. The molecule has 9 nitrogen and oxygen atoms in total. The van der Waals surface area contributed by atoms with Gasteiger partial charge in [-0.15, -0.1) is 0 Å². The lowest BCUT2D eigenvalue weighted by molar-refractivity contribution is -0.424. The lowest BCUT2D eigenvalue weighted by Crippen LogP contribution is -2.43. The highest BCUT2D eigenvalue weighted by Gasteiger charge is 2.43. The fraction of sp³-hybridized carbons (Fsp3) is 0.481. The predicted octanol–water partition coefficient (Wildman–Crippen LogP) is 3.81. The van der Waals surface area contributed by atoms with Gasteiger partial charge in [0.1, 0.15) is 11.4 Å². The van der Waals surface area contributed by atoms with E-state index in [1.807, 2.05) is 0 Å². The third-order valence-corrected chi connectivity index (χ3v) is 7.17. The molecule has 0 aromatic rings. The van der Waals surface area contributed by atoms with E-state index in [9.17, 15) is 37.3 Å². The van der Waals surface area contributed by atoms with E-state index in [2.05, 4.69) is 16.0 Å². The summed E-state index contributed by atoms with van der Waals surface area (Å²) in [5, 5.41) is 19.1. The van der Waals surface area contributed by atoms with Crippen molar-refractivity contribution in [1.82, 2.24) is 16.0 Å². The van der Waals surface area contributed by atoms with Crippen molar-refractivity contribution in [2.75, 3.05) is 13.2 Å². The molecule has 40 heavy (non-hydrogen) atoms. The molecular weight excluding hydrogens is 536 g/mol. The molecule has 2 unspecified atom stereocenters. The van der Waals surface area contributed by atoms with Crippen molar-refractivity contribution in [3.05, 3.63) is 81.0 Å². The van der Waals surface area contributed by atoms with E-state index in [1.54, 1.807) is 24.3 Å². The van der Waals surface area contributed by atoms with Crippen LogP contribution >= 0.6 is 0 Å². The van der Waals surface area contributed by atoms with E-state index in [0.29, 0.717) is 31.4 Å². The number of nitrogens with zero attached hydrogens (tertiary/aromatic N) is 1. The van der Waals surface area contributed by atoms with Crippen LogP contribution in [0.25, 0.3) is 0 Å². The smallest absolute Gasteiger partial charge is 0.376 e. The van der Waals surface area contributed by atoms with Gasteiger partial charge in [0.15, 0.2) is 0 Å². The predicted molar refractivity (Wildman–Crippen MR) is 137 cm³/mol. The topological polar surface area (TPSA) is 123 Å². The Labute approximate surface area is 227 Å². The van der Waals surface area contributed by atoms with Crippen molar-refractivity contribution in [1.29, 1.82) is 0 Å². The van der Waals surface area contributed by atoms with E-state index >= 15 is 0 Å². The number of nitrogens with one attached hydrogen (secondary N) is 3.